The average Bonchev–Trinajstić information content (AvgIpc) is 3.17. The molecule has 6 heteroatoms. The van der Waals surface area contributed by atoms with Gasteiger partial charge in [-0.25, -0.2) is 4.79 Å². The Kier molecular flexibility index (Phi) is 5.43. The molecule has 0 atom stereocenters. The number of halogens is 1. The third-order valence-electron chi connectivity index (χ3n) is 3.90. The number of para-hydroxylation sites is 1. The Balaban J connectivity index is 1.43. The zero-order chi connectivity index (χ0) is 16.9. The molecule has 3 aromatic rings. The van der Waals surface area contributed by atoms with Crippen molar-refractivity contribution in [2.75, 3.05) is 13.6 Å². The Morgan fingerprint density at radius 1 is 1.25 bits per heavy atom. The highest BCUT2D eigenvalue weighted by molar-refractivity contribution is 7.16. The van der Waals surface area contributed by atoms with E-state index < -0.39 is 0 Å². The van der Waals surface area contributed by atoms with Gasteiger partial charge in [-0.15, -0.1) is 11.3 Å². The van der Waals surface area contributed by atoms with Gasteiger partial charge in [0.2, 0.25) is 0 Å². The zero-order valence-electron chi connectivity index (χ0n) is 13.5. The number of carbonyl (C=O) groups is 1. The van der Waals surface area contributed by atoms with Crippen LogP contribution in [0.15, 0.2) is 48.7 Å². The van der Waals surface area contributed by atoms with Gasteiger partial charge < -0.3 is 14.8 Å². The predicted octanol–water partition coefficient (Wildman–Crippen LogP) is 4.59. The number of amides is 2. The first-order valence-corrected chi connectivity index (χ1v) is 9.10. The minimum Gasteiger partial charge on any atom is -0.347 e. The highest BCUT2D eigenvalue weighted by atomic mass is 35.5. The van der Waals surface area contributed by atoms with Crippen LogP contribution >= 0.6 is 22.9 Å². The Hall–Kier alpha value is -1.98. The molecule has 1 N–H and O–H groups in total. The Morgan fingerprint density at radius 3 is 2.88 bits per heavy atom. The van der Waals surface area contributed by atoms with Crippen molar-refractivity contribution in [3.63, 3.8) is 0 Å². The minimum absolute atomic E-state index is 0.0584. The van der Waals surface area contributed by atoms with E-state index in [1.165, 1.54) is 22.2 Å². The van der Waals surface area contributed by atoms with Crippen LogP contribution in [-0.4, -0.2) is 29.1 Å². The SMILES string of the molecule is CN(Cc1ccc(Cl)s1)C(=O)NCCCn1ccc2ccccc21. The van der Waals surface area contributed by atoms with Crippen LogP contribution in [0.4, 0.5) is 4.79 Å². The molecule has 0 spiro atoms. The van der Waals surface area contributed by atoms with Crippen LogP contribution in [0, 0.1) is 0 Å². The van der Waals surface area contributed by atoms with Gasteiger partial charge in [-0.05, 0) is 36.1 Å². The smallest absolute Gasteiger partial charge is 0.317 e. The van der Waals surface area contributed by atoms with Crippen molar-refractivity contribution < 1.29 is 4.79 Å². The number of nitrogens with one attached hydrogen (secondary N) is 1. The van der Waals surface area contributed by atoms with E-state index in [0.717, 1.165) is 22.2 Å². The Bertz CT molecular complexity index is 826. The molecule has 2 heterocycles. The number of hydrogen-bond donors (Lipinski definition) is 1. The highest BCUT2D eigenvalue weighted by Gasteiger charge is 2.09. The first-order chi connectivity index (χ1) is 11.6. The zero-order valence-corrected chi connectivity index (χ0v) is 15.1. The van der Waals surface area contributed by atoms with Gasteiger partial charge in [0.25, 0.3) is 0 Å². The lowest BCUT2D eigenvalue weighted by Gasteiger charge is -2.17. The third kappa shape index (κ3) is 4.10. The van der Waals surface area contributed by atoms with Crippen LogP contribution < -0.4 is 5.32 Å². The fourth-order valence-corrected chi connectivity index (χ4v) is 3.80. The second kappa shape index (κ2) is 7.73. The predicted molar refractivity (Wildman–Crippen MR) is 101 cm³/mol. The summed E-state index contributed by atoms with van der Waals surface area (Å²) in [5.74, 6) is 0. The number of rotatable bonds is 6. The minimum atomic E-state index is -0.0584. The van der Waals surface area contributed by atoms with Crippen LogP contribution in [0.1, 0.15) is 11.3 Å². The number of benzene rings is 1. The van der Waals surface area contributed by atoms with Gasteiger partial charge in [0.15, 0.2) is 0 Å². The number of fused-ring (bicyclic) bond motifs is 1. The molecule has 0 unspecified atom stereocenters. The van der Waals surface area contributed by atoms with Crippen LogP contribution in [0.3, 0.4) is 0 Å². The van der Waals surface area contributed by atoms with Gasteiger partial charge in [-0.2, -0.15) is 0 Å². The monoisotopic (exact) mass is 361 g/mol. The number of urea groups is 1. The van der Waals surface area contributed by atoms with Crippen molar-refractivity contribution in [1.29, 1.82) is 0 Å². The fourth-order valence-electron chi connectivity index (χ4n) is 2.66. The van der Waals surface area contributed by atoms with E-state index in [-0.39, 0.29) is 6.03 Å². The van der Waals surface area contributed by atoms with Crippen LogP contribution in [-0.2, 0) is 13.1 Å². The Morgan fingerprint density at radius 2 is 2.08 bits per heavy atom. The summed E-state index contributed by atoms with van der Waals surface area (Å²) in [5, 5.41) is 4.21. The maximum Gasteiger partial charge on any atom is 0.317 e. The van der Waals surface area contributed by atoms with E-state index in [9.17, 15) is 4.79 Å². The molecule has 0 saturated heterocycles. The van der Waals surface area contributed by atoms with Gasteiger partial charge in [-0.1, -0.05) is 29.8 Å². The topological polar surface area (TPSA) is 37.3 Å². The molecule has 0 aliphatic rings. The van der Waals surface area contributed by atoms with Crippen LogP contribution in [0.25, 0.3) is 10.9 Å². The van der Waals surface area contributed by atoms with Crippen molar-refractivity contribution in [2.45, 2.75) is 19.5 Å². The number of thiophene rings is 1. The molecule has 24 heavy (non-hydrogen) atoms. The maximum absolute atomic E-state index is 12.1. The summed E-state index contributed by atoms with van der Waals surface area (Å²) in [5.41, 5.74) is 1.23. The van der Waals surface area contributed by atoms with Crippen molar-refractivity contribution in [2.24, 2.45) is 0 Å². The first-order valence-electron chi connectivity index (χ1n) is 7.90. The standard InChI is InChI=1S/C18H20ClN3OS/c1-21(13-15-7-8-17(19)24-15)18(23)20-10-4-11-22-12-9-14-5-2-3-6-16(14)22/h2-3,5-9,12H,4,10-11,13H2,1H3,(H,20,23). The second-order valence-electron chi connectivity index (χ2n) is 5.72. The molecule has 0 saturated carbocycles. The molecule has 126 valence electrons. The fraction of sp³-hybridized carbons (Fsp3) is 0.278. The largest absolute Gasteiger partial charge is 0.347 e. The lowest BCUT2D eigenvalue weighted by atomic mass is 10.2. The number of hydrogen-bond acceptors (Lipinski definition) is 2. The van der Waals surface area contributed by atoms with Crippen LogP contribution in [0.2, 0.25) is 4.34 Å². The molecular weight excluding hydrogens is 342 g/mol. The van der Waals surface area contributed by atoms with Gasteiger partial charge >= 0.3 is 6.03 Å². The number of aromatic nitrogens is 1. The molecule has 0 aliphatic carbocycles. The lowest BCUT2D eigenvalue weighted by Crippen LogP contribution is -2.37. The molecule has 0 aliphatic heterocycles. The first kappa shape index (κ1) is 16.9. The Labute approximate surface area is 150 Å². The van der Waals surface area contributed by atoms with E-state index >= 15 is 0 Å². The van der Waals surface area contributed by atoms with Gasteiger partial charge in [0.05, 0.1) is 10.9 Å². The van der Waals surface area contributed by atoms with Crippen molar-refractivity contribution in [3.8, 4) is 0 Å². The molecule has 3 rings (SSSR count). The second-order valence-corrected chi connectivity index (χ2v) is 7.51. The maximum atomic E-state index is 12.1. The van der Waals surface area contributed by atoms with Gasteiger partial charge in [0.1, 0.15) is 0 Å². The van der Waals surface area contributed by atoms with E-state index in [4.69, 9.17) is 11.6 Å². The third-order valence-corrected chi connectivity index (χ3v) is 5.12. The van der Waals surface area contributed by atoms with Gasteiger partial charge in [0, 0.05) is 36.7 Å². The van der Waals surface area contributed by atoms with Crippen molar-refractivity contribution in [3.05, 3.63) is 57.9 Å². The molecular formula is C18H20ClN3OS. The number of carbonyl (C=O) groups excluding carboxylic acids is 1. The summed E-state index contributed by atoms with van der Waals surface area (Å²) in [6.07, 6.45) is 2.99. The van der Waals surface area contributed by atoms with E-state index in [2.05, 4.69) is 34.3 Å². The summed E-state index contributed by atoms with van der Waals surface area (Å²) in [7, 11) is 1.79. The lowest BCUT2D eigenvalue weighted by molar-refractivity contribution is 0.207. The number of nitrogens with zero attached hydrogens (tertiary/aromatic N) is 2. The molecule has 1 aromatic carbocycles. The summed E-state index contributed by atoms with van der Waals surface area (Å²) in [6, 6.07) is 14.2. The van der Waals surface area contributed by atoms with Crippen molar-refractivity contribution >= 4 is 39.9 Å². The summed E-state index contributed by atoms with van der Waals surface area (Å²) < 4.78 is 2.97. The van der Waals surface area contributed by atoms with Crippen LogP contribution in [0.5, 0.6) is 0 Å². The quantitative estimate of drug-likeness (QED) is 0.641. The molecule has 0 fully saturated rings. The van der Waals surface area contributed by atoms with E-state index in [1.807, 2.05) is 24.3 Å². The molecule has 4 nitrogen and oxygen atoms in total. The van der Waals surface area contributed by atoms with E-state index in [0.29, 0.717) is 13.1 Å². The van der Waals surface area contributed by atoms with E-state index in [1.54, 1.807) is 11.9 Å². The molecule has 0 radical (unpaired) electrons. The molecule has 0 bridgehead atoms. The highest BCUT2D eigenvalue weighted by Crippen LogP contribution is 2.22. The van der Waals surface area contributed by atoms with Crippen molar-refractivity contribution in [1.82, 2.24) is 14.8 Å². The summed E-state index contributed by atoms with van der Waals surface area (Å²) in [4.78, 5) is 14.9. The summed E-state index contributed by atoms with van der Waals surface area (Å²) >= 11 is 7.41. The normalized spacial score (nSPS) is 10.9. The summed E-state index contributed by atoms with van der Waals surface area (Å²) in [6.45, 7) is 2.12. The number of aryl methyl sites for hydroxylation is 1. The molecule has 2 amide bonds. The average molecular weight is 362 g/mol. The van der Waals surface area contributed by atoms with Gasteiger partial charge in [-0.3, -0.25) is 0 Å². The molecule has 2 aromatic heterocycles.